The number of hydrogen-bond acceptors (Lipinski definition) is 3. The lowest BCUT2D eigenvalue weighted by molar-refractivity contribution is 0.0850. The minimum Gasteiger partial charge on any atom is -0.493 e. The molecule has 0 unspecified atom stereocenters. The van der Waals surface area contributed by atoms with E-state index in [1.807, 2.05) is 50.3 Å². The van der Waals surface area contributed by atoms with Crippen LogP contribution in [0.5, 0.6) is 11.5 Å². The molecule has 2 aromatic rings. The fourth-order valence-corrected chi connectivity index (χ4v) is 2.80. The van der Waals surface area contributed by atoms with Crippen molar-refractivity contribution in [3.8, 4) is 22.6 Å². The molecular weight excluding hydrogens is 302 g/mol. The van der Waals surface area contributed by atoms with Crippen LogP contribution >= 0.6 is 0 Å². The van der Waals surface area contributed by atoms with Crippen molar-refractivity contribution >= 4 is 12.0 Å². The highest BCUT2D eigenvalue weighted by Gasteiger charge is 2.23. The first kappa shape index (κ1) is 16.1. The molecule has 0 radical (unpaired) electrons. The molecule has 1 amide bonds. The maximum absolute atomic E-state index is 12.8. The van der Waals surface area contributed by atoms with Gasteiger partial charge in [0.1, 0.15) is 0 Å². The largest absolute Gasteiger partial charge is 0.493 e. The van der Waals surface area contributed by atoms with Crippen LogP contribution in [0.25, 0.3) is 17.2 Å². The molecule has 0 fully saturated rings. The molecular formula is C20H21NO3. The summed E-state index contributed by atoms with van der Waals surface area (Å²) in [6, 6.07) is 11.7. The highest BCUT2D eigenvalue weighted by Crippen LogP contribution is 2.39. The highest BCUT2D eigenvalue weighted by molar-refractivity contribution is 6.04. The monoisotopic (exact) mass is 323 g/mol. The minimum absolute atomic E-state index is 0.00878. The highest BCUT2D eigenvalue weighted by atomic mass is 16.5. The second-order valence-corrected chi connectivity index (χ2v) is 6.03. The first-order valence-electron chi connectivity index (χ1n) is 7.94. The van der Waals surface area contributed by atoms with Crippen molar-refractivity contribution < 1.29 is 14.3 Å². The smallest absolute Gasteiger partial charge is 0.258 e. The zero-order chi connectivity index (χ0) is 17.3. The second-order valence-electron chi connectivity index (χ2n) is 6.03. The molecule has 1 heterocycles. The predicted molar refractivity (Wildman–Crippen MR) is 95.3 cm³/mol. The summed E-state index contributed by atoms with van der Waals surface area (Å²) < 4.78 is 11.3. The molecule has 0 spiro atoms. The molecule has 0 N–H and O–H groups in total. The first-order chi connectivity index (χ1) is 11.5. The predicted octanol–water partition coefficient (Wildman–Crippen LogP) is 4.21. The van der Waals surface area contributed by atoms with E-state index in [9.17, 15) is 4.79 Å². The topological polar surface area (TPSA) is 38.8 Å². The molecule has 24 heavy (non-hydrogen) atoms. The molecule has 0 aromatic heterocycles. The van der Waals surface area contributed by atoms with Crippen molar-refractivity contribution in [3.05, 3.63) is 53.7 Å². The van der Waals surface area contributed by atoms with E-state index in [-0.39, 0.29) is 12.0 Å². The summed E-state index contributed by atoms with van der Waals surface area (Å²) in [5.74, 6) is 1.12. The van der Waals surface area contributed by atoms with Crippen LogP contribution in [0.3, 0.4) is 0 Å². The number of rotatable bonds is 3. The Hall–Kier alpha value is -2.75. The summed E-state index contributed by atoms with van der Waals surface area (Å²) in [6.45, 7) is 3.89. The Morgan fingerprint density at radius 1 is 1.00 bits per heavy atom. The van der Waals surface area contributed by atoms with Crippen LogP contribution in [0, 0.1) is 0 Å². The van der Waals surface area contributed by atoms with Gasteiger partial charge in [0, 0.05) is 13.2 Å². The number of amides is 1. The van der Waals surface area contributed by atoms with Gasteiger partial charge in [-0.1, -0.05) is 24.3 Å². The fourth-order valence-electron chi connectivity index (χ4n) is 2.80. The van der Waals surface area contributed by atoms with Gasteiger partial charge in [-0.15, -0.1) is 0 Å². The van der Waals surface area contributed by atoms with Crippen LogP contribution in [0.4, 0.5) is 0 Å². The number of ether oxygens (including phenoxy) is 2. The zero-order valence-corrected chi connectivity index (χ0v) is 14.4. The molecule has 124 valence electrons. The van der Waals surface area contributed by atoms with Gasteiger partial charge in [0.25, 0.3) is 5.91 Å². The average Bonchev–Trinajstić information content (AvgIpc) is 2.57. The van der Waals surface area contributed by atoms with Crippen molar-refractivity contribution in [2.24, 2.45) is 0 Å². The van der Waals surface area contributed by atoms with Gasteiger partial charge in [-0.2, -0.15) is 0 Å². The summed E-state index contributed by atoms with van der Waals surface area (Å²) in [6.07, 6.45) is 3.73. The Kier molecular flexibility index (Phi) is 4.30. The van der Waals surface area contributed by atoms with Gasteiger partial charge < -0.3 is 14.4 Å². The summed E-state index contributed by atoms with van der Waals surface area (Å²) in [5.41, 5.74) is 3.50. The van der Waals surface area contributed by atoms with Crippen molar-refractivity contribution in [2.75, 3.05) is 14.2 Å². The number of hydrogen-bond donors (Lipinski definition) is 0. The molecule has 0 atom stereocenters. The summed E-state index contributed by atoms with van der Waals surface area (Å²) >= 11 is 0. The van der Waals surface area contributed by atoms with E-state index in [4.69, 9.17) is 9.47 Å². The van der Waals surface area contributed by atoms with Crippen LogP contribution < -0.4 is 9.47 Å². The zero-order valence-electron chi connectivity index (χ0n) is 14.4. The maximum Gasteiger partial charge on any atom is 0.258 e. The average molecular weight is 323 g/mol. The van der Waals surface area contributed by atoms with Gasteiger partial charge in [0.15, 0.2) is 11.5 Å². The van der Waals surface area contributed by atoms with E-state index in [0.717, 1.165) is 16.7 Å². The molecule has 0 aliphatic carbocycles. The van der Waals surface area contributed by atoms with Crippen LogP contribution in [-0.4, -0.2) is 31.1 Å². The van der Waals surface area contributed by atoms with Gasteiger partial charge in [0.2, 0.25) is 0 Å². The van der Waals surface area contributed by atoms with Crippen LogP contribution in [0.1, 0.15) is 29.8 Å². The molecule has 3 rings (SSSR count). The standard InChI is InChI=1S/C20H21NO3/c1-13(2)24-19-12-17-16(11-18(19)23-4)15-8-6-5-7-14(15)9-10-21(3)20(17)22/h5-13H,1-4H3/b10-9-. The van der Waals surface area contributed by atoms with E-state index in [0.29, 0.717) is 17.1 Å². The molecule has 2 aromatic carbocycles. The normalized spacial score (nSPS) is 14.5. The molecule has 4 heteroatoms. The van der Waals surface area contributed by atoms with E-state index in [1.54, 1.807) is 31.3 Å². The van der Waals surface area contributed by atoms with Crippen LogP contribution in [-0.2, 0) is 0 Å². The van der Waals surface area contributed by atoms with E-state index in [1.165, 1.54) is 0 Å². The van der Waals surface area contributed by atoms with Crippen molar-refractivity contribution in [3.63, 3.8) is 0 Å². The Bertz CT molecular complexity index is 809. The summed E-state index contributed by atoms with van der Waals surface area (Å²) in [5, 5.41) is 0. The third kappa shape index (κ3) is 2.87. The number of carbonyl (C=O) groups excluding carboxylic acids is 1. The summed E-state index contributed by atoms with van der Waals surface area (Å²) in [4.78, 5) is 14.4. The summed E-state index contributed by atoms with van der Waals surface area (Å²) in [7, 11) is 3.36. The minimum atomic E-state index is -0.0768. The first-order valence-corrected chi connectivity index (χ1v) is 7.94. The van der Waals surface area contributed by atoms with Crippen molar-refractivity contribution in [2.45, 2.75) is 20.0 Å². The number of carbonyl (C=O) groups is 1. The lowest BCUT2D eigenvalue weighted by Crippen LogP contribution is -2.23. The van der Waals surface area contributed by atoms with E-state index in [2.05, 4.69) is 0 Å². The number of fused-ring (bicyclic) bond motifs is 3. The van der Waals surface area contributed by atoms with Crippen molar-refractivity contribution in [1.29, 1.82) is 0 Å². The van der Waals surface area contributed by atoms with Gasteiger partial charge in [-0.3, -0.25) is 4.79 Å². The van der Waals surface area contributed by atoms with Crippen LogP contribution in [0.15, 0.2) is 42.6 Å². The quantitative estimate of drug-likeness (QED) is 0.849. The Labute approximate surface area is 142 Å². The Morgan fingerprint density at radius 3 is 2.42 bits per heavy atom. The van der Waals surface area contributed by atoms with Gasteiger partial charge in [-0.25, -0.2) is 0 Å². The van der Waals surface area contributed by atoms with Crippen LogP contribution in [0.2, 0.25) is 0 Å². The number of nitrogens with zero attached hydrogens (tertiary/aromatic N) is 1. The number of benzene rings is 2. The molecule has 1 aliphatic heterocycles. The van der Waals surface area contributed by atoms with E-state index >= 15 is 0 Å². The molecule has 0 saturated heterocycles. The fraction of sp³-hybridized carbons (Fsp3) is 0.250. The maximum atomic E-state index is 12.8. The SMILES string of the molecule is COc1cc2c(cc1OC(C)C)C(=O)N(C)/C=C\c1ccccc1-2. The van der Waals surface area contributed by atoms with Gasteiger partial charge in [-0.05, 0) is 48.7 Å². The Morgan fingerprint density at radius 2 is 1.71 bits per heavy atom. The lowest BCUT2D eigenvalue weighted by Gasteiger charge is -2.22. The molecule has 1 aliphatic rings. The van der Waals surface area contributed by atoms with Gasteiger partial charge in [0.05, 0.1) is 18.8 Å². The third-order valence-electron chi connectivity index (χ3n) is 3.95. The second kappa shape index (κ2) is 6.40. The van der Waals surface area contributed by atoms with E-state index < -0.39 is 0 Å². The number of methoxy groups -OCH3 is 1. The van der Waals surface area contributed by atoms with Gasteiger partial charge >= 0.3 is 0 Å². The Balaban J connectivity index is 2.28. The van der Waals surface area contributed by atoms with Crippen molar-refractivity contribution in [1.82, 2.24) is 4.90 Å². The molecule has 0 bridgehead atoms. The molecule has 4 nitrogen and oxygen atoms in total. The third-order valence-corrected chi connectivity index (χ3v) is 3.95. The molecule has 0 saturated carbocycles. The lowest BCUT2D eigenvalue weighted by atomic mass is 9.93.